The third-order valence-corrected chi connectivity index (χ3v) is 11.6. The summed E-state index contributed by atoms with van der Waals surface area (Å²) in [5.74, 6) is 0.449. The van der Waals surface area contributed by atoms with Crippen LogP contribution in [0, 0.1) is 5.92 Å². The zero-order valence-corrected chi connectivity index (χ0v) is 31.3. The fourth-order valence-electron chi connectivity index (χ4n) is 8.09. The van der Waals surface area contributed by atoms with Crippen molar-refractivity contribution in [2.75, 3.05) is 50.6 Å². The highest BCUT2D eigenvalue weighted by Gasteiger charge is 2.33. The third kappa shape index (κ3) is 7.77. The minimum atomic E-state index is -0.411. The molecule has 3 aliphatic heterocycles. The third-order valence-electron chi connectivity index (χ3n) is 11.3. The molecule has 3 aromatic carbocycles. The summed E-state index contributed by atoms with van der Waals surface area (Å²) in [5, 5.41) is 7.77. The number of nitrogens with one attached hydrogen (secondary N) is 2. The number of carbonyl (C=O) groups excluding carboxylic acids is 3. The first kappa shape index (κ1) is 36.5. The second-order valence-electron chi connectivity index (χ2n) is 14.6. The van der Waals surface area contributed by atoms with E-state index in [0.29, 0.717) is 35.5 Å². The smallest absolute Gasteiger partial charge is 0.258 e. The van der Waals surface area contributed by atoms with Crippen LogP contribution in [0.2, 0.25) is 5.02 Å². The van der Waals surface area contributed by atoms with E-state index in [4.69, 9.17) is 16.3 Å². The topological polar surface area (TPSA) is 116 Å². The molecule has 1 atom stereocenters. The number of hydrogen-bond acceptors (Lipinski definition) is 8. The largest absolute Gasteiger partial charge is 0.496 e. The van der Waals surface area contributed by atoms with E-state index in [1.165, 1.54) is 0 Å². The number of carbonyl (C=O) groups is 3. The predicted octanol–water partition coefficient (Wildman–Crippen LogP) is 5.42. The Labute approximate surface area is 314 Å². The van der Waals surface area contributed by atoms with E-state index in [0.717, 1.165) is 85.3 Å². The van der Waals surface area contributed by atoms with Crippen LogP contribution < -0.4 is 25.8 Å². The maximum absolute atomic E-state index is 13.7. The molecule has 12 heteroatoms. The molecule has 0 aliphatic carbocycles. The fourth-order valence-corrected chi connectivity index (χ4v) is 8.36. The molecule has 3 saturated heterocycles. The lowest BCUT2D eigenvalue weighted by Crippen LogP contribution is -2.48. The first-order valence-electron chi connectivity index (χ1n) is 18.5. The van der Waals surface area contributed by atoms with Gasteiger partial charge in [0.1, 0.15) is 11.8 Å². The maximum atomic E-state index is 13.7. The minimum absolute atomic E-state index is 0.00785. The predicted molar refractivity (Wildman–Crippen MR) is 208 cm³/mol. The fraction of sp³-hybridized carbons (Fsp3) is 0.415. The summed E-state index contributed by atoms with van der Waals surface area (Å²) < 4.78 is 7.47. The van der Waals surface area contributed by atoms with E-state index in [2.05, 4.69) is 20.4 Å². The summed E-state index contributed by atoms with van der Waals surface area (Å²) in [4.78, 5) is 56.7. The molecule has 1 aromatic heterocycles. The van der Waals surface area contributed by atoms with Gasteiger partial charge in [-0.05, 0) is 85.5 Å². The number of imide groups is 1. The van der Waals surface area contributed by atoms with Crippen LogP contribution in [0.15, 0.2) is 71.7 Å². The molecule has 3 amide bonds. The van der Waals surface area contributed by atoms with Gasteiger partial charge in [0.15, 0.2) is 0 Å². The van der Waals surface area contributed by atoms with Crippen molar-refractivity contribution in [1.82, 2.24) is 19.7 Å². The second kappa shape index (κ2) is 15.6. The number of rotatable bonds is 9. The van der Waals surface area contributed by atoms with E-state index in [1.807, 2.05) is 78.8 Å². The molecular formula is C41H47ClN6O5. The van der Waals surface area contributed by atoms with Crippen LogP contribution in [0.1, 0.15) is 44.1 Å². The Bertz CT molecular complexity index is 2070. The van der Waals surface area contributed by atoms with Gasteiger partial charge in [-0.25, -0.2) is 0 Å². The van der Waals surface area contributed by atoms with Crippen LogP contribution in [0.4, 0.5) is 11.4 Å². The average Bonchev–Trinajstić information content (AvgIpc) is 3.18. The van der Waals surface area contributed by atoms with Crippen molar-refractivity contribution < 1.29 is 19.1 Å². The average molecular weight is 739 g/mol. The number of ether oxygens (including phenoxy) is 1. The summed E-state index contributed by atoms with van der Waals surface area (Å²) in [6.45, 7) is 3.96. The number of aromatic nitrogens is 1. The van der Waals surface area contributed by atoms with Gasteiger partial charge < -0.3 is 24.4 Å². The van der Waals surface area contributed by atoms with Crippen LogP contribution >= 0.6 is 11.6 Å². The highest BCUT2D eigenvalue weighted by atomic mass is 35.5. The van der Waals surface area contributed by atoms with Crippen molar-refractivity contribution in [2.45, 2.75) is 57.2 Å². The first-order chi connectivity index (χ1) is 25.6. The molecule has 3 fully saturated rings. The molecule has 11 nitrogen and oxygen atoms in total. The molecular weight excluding hydrogens is 692 g/mol. The van der Waals surface area contributed by atoms with E-state index in [-0.39, 0.29) is 35.2 Å². The van der Waals surface area contributed by atoms with Crippen LogP contribution in [0.3, 0.4) is 0 Å². The van der Waals surface area contributed by atoms with Gasteiger partial charge in [0.05, 0.1) is 7.11 Å². The summed E-state index contributed by atoms with van der Waals surface area (Å²) in [7, 11) is 5.39. The highest BCUT2D eigenvalue weighted by Crippen LogP contribution is 2.37. The zero-order valence-electron chi connectivity index (χ0n) is 30.6. The van der Waals surface area contributed by atoms with Crippen molar-refractivity contribution in [1.29, 1.82) is 0 Å². The molecule has 4 aromatic rings. The lowest BCUT2D eigenvalue weighted by atomic mass is 9.93. The van der Waals surface area contributed by atoms with Gasteiger partial charge in [0.25, 0.3) is 5.56 Å². The van der Waals surface area contributed by atoms with E-state index in [1.54, 1.807) is 18.7 Å². The Kier molecular flexibility index (Phi) is 10.8. The van der Waals surface area contributed by atoms with Gasteiger partial charge in [0, 0.05) is 104 Å². The van der Waals surface area contributed by atoms with Gasteiger partial charge in [-0.2, -0.15) is 0 Å². The lowest BCUT2D eigenvalue weighted by Gasteiger charge is -2.40. The SMILES string of the molecule is COc1cc(-c2cn(C)c(=O)c3ccccc23)cc(Cl)c1CN1CCC(N(C)C(=O)C2CCN(c3ccc(NC4CCC(=O)NC4=O)cc3)CC2)CC1. The number of methoxy groups -OCH3 is 1. The van der Waals surface area contributed by atoms with E-state index >= 15 is 0 Å². The van der Waals surface area contributed by atoms with Crippen molar-refractivity contribution in [3.05, 3.63) is 87.8 Å². The number of benzene rings is 3. The summed E-state index contributed by atoms with van der Waals surface area (Å²) in [6, 6.07) is 19.4. The molecule has 3 aliphatic rings. The first-order valence-corrected chi connectivity index (χ1v) is 18.9. The Balaban J connectivity index is 0.912. The number of pyridine rings is 1. The van der Waals surface area contributed by atoms with Crippen molar-refractivity contribution >= 4 is 51.5 Å². The zero-order chi connectivity index (χ0) is 37.2. The Hall–Kier alpha value is -4.87. The number of halogens is 1. The minimum Gasteiger partial charge on any atom is -0.496 e. The van der Waals surface area contributed by atoms with Gasteiger partial charge >= 0.3 is 0 Å². The van der Waals surface area contributed by atoms with Gasteiger partial charge in [-0.15, -0.1) is 0 Å². The summed E-state index contributed by atoms with van der Waals surface area (Å²) in [6.07, 6.45) is 6.07. The van der Waals surface area contributed by atoms with Gasteiger partial charge in [-0.3, -0.25) is 29.4 Å². The molecule has 278 valence electrons. The molecule has 0 bridgehead atoms. The van der Waals surface area contributed by atoms with E-state index in [9.17, 15) is 19.2 Å². The Morgan fingerprint density at radius 3 is 2.32 bits per heavy atom. The number of amides is 3. The monoisotopic (exact) mass is 738 g/mol. The summed E-state index contributed by atoms with van der Waals surface area (Å²) >= 11 is 6.96. The van der Waals surface area contributed by atoms with Crippen molar-refractivity contribution in [3.8, 4) is 16.9 Å². The van der Waals surface area contributed by atoms with Gasteiger partial charge in [-0.1, -0.05) is 29.8 Å². The molecule has 2 N–H and O–H groups in total. The van der Waals surface area contributed by atoms with Crippen LogP contribution in [-0.2, 0) is 28.0 Å². The number of fused-ring (bicyclic) bond motifs is 1. The Morgan fingerprint density at radius 2 is 1.64 bits per heavy atom. The second-order valence-corrected chi connectivity index (χ2v) is 15.0. The van der Waals surface area contributed by atoms with Gasteiger partial charge in [0.2, 0.25) is 17.7 Å². The van der Waals surface area contributed by atoms with Crippen molar-refractivity contribution in [3.63, 3.8) is 0 Å². The molecule has 0 spiro atoms. The maximum Gasteiger partial charge on any atom is 0.258 e. The summed E-state index contributed by atoms with van der Waals surface area (Å²) in [5.41, 5.74) is 4.64. The van der Waals surface area contributed by atoms with Crippen LogP contribution in [0.25, 0.3) is 21.9 Å². The number of nitrogens with zero attached hydrogens (tertiary/aromatic N) is 4. The van der Waals surface area contributed by atoms with Crippen molar-refractivity contribution in [2.24, 2.45) is 13.0 Å². The van der Waals surface area contributed by atoms with E-state index < -0.39 is 6.04 Å². The molecule has 53 heavy (non-hydrogen) atoms. The molecule has 7 rings (SSSR count). The number of likely N-dealkylation sites (tertiary alicyclic amines) is 1. The molecule has 4 heterocycles. The normalized spacial score (nSPS) is 18.9. The quantitative estimate of drug-likeness (QED) is 0.219. The molecule has 0 radical (unpaired) electrons. The molecule has 1 unspecified atom stereocenters. The Morgan fingerprint density at radius 1 is 0.943 bits per heavy atom. The number of anilines is 2. The number of aryl methyl sites for hydroxylation is 1. The van der Waals surface area contributed by atoms with Crippen LogP contribution in [-0.4, -0.2) is 84.5 Å². The number of hydrogen-bond donors (Lipinski definition) is 2. The van der Waals surface area contributed by atoms with Crippen LogP contribution in [0.5, 0.6) is 5.75 Å². The lowest BCUT2D eigenvalue weighted by molar-refractivity contribution is -0.138. The molecule has 0 saturated carbocycles. The highest BCUT2D eigenvalue weighted by molar-refractivity contribution is 6.32. The number of piperidine rings is 3. The standard InChI is InChI=1S/C41H47ClN6O5/c1-45-24-33(31-6-4-5-7-32(31)41(45)52)27-22-35(42)34(37(23-27)53-3)25-47-18-16-29(17-19-47)46(2)40(51)26-14-20-48(21-15-26)30-10-8-28(9-11-30)43-36-12-13-38(49)44-39(36)50/h4-11,22-24,26,29,36,43H,12-21,25H2,1-3H3,(H,44,49,50).